The van der Waals surface area contributed by atoms with Gasteiger partial charge in [0.25, 0.3) is 0 Å². The minimum absolute atomic E-state index is 0.185. The number of aromatic hydroxyl groups is 1. The monoisotopic (exact) mass is 349 g/mol. The molecule has 0 aliphatic carbocycles. The highest BCUT2D eigenvalue weighted by atomic mass is 16.6. The second-order valence-electron chi connectivity index (χ2n) is 5.65. The van der Waals surface area contributed by atoms with Crippen molar-refractivity contribution in [2.24, 2.45) is 0 Å². The number of amides is 3. The average molecular weight is 349 g/mol. The van der Waals surface area contributed by atoms with Gasteiger partial charge in [-0.25, -0.2) is 4.79 Å². The zero-order valence-electron chi connectivity index (χ0n) is 14.2. The van der Waals surface area contributed by atoms with Gasteiger partial charge in [-0.05, 0) is 31.0 Å². The van der Waals surface area contributed by atoms with Crippen molar-refractivity contribution in [1.29, 1.82) is 0 Å². The van der Waals surface area contributed by atoms with E-state index in [1.165, 1.54) is 9.80 Å². The summed E-state index contributed by atoms with van der Waals surface area (Å²) in [7, 11) is 0. The number of phenols is 1. The maximum Gasteiger partial charge on any atom is 0.409 e. The Labute approximate surface area is 146 Å². The Morgan fingerprint density at radius 1 is 1.08 bits per heavy atom. The molecule has 8 nitrogen and oxygen atoms in total. The number of carbonyl (C=O) groups excluding carboxylic acids is 3. The van der Waals surface area contributed by atoms with Crippen molar-refractivity contribution in [3.63, 3.8) is 0 Å². The first-order valence-corrected chi connectivity index (χ1v) is 8.28. The van der Waals surface area contributed by atoms with E-state index in [0.717, 1.165) is 5.56 Å². The van der Waals surface area contributed by atoms with Gasteiger partial charge in [0.2, 0.25) is 0 Å². The number of nitrogens with one attached hydrogen (secondary N) is 1. The van der Waals surface area contributed by atoms with Crippen LogP contribution in [-0.4, -0.2) is 72.1 Å². The second kappa shape index (κ2) is 8.91. The van der Waals surface area contributed by atoms with Gasteiger partial charge in [0, 0.05) is 32.7 Å². The highest BCUT2D eigenvalue weighted by molar-refractivity contribution is 6.35. The molecule has 0 unspecified atom stereocenters. The highest BCUT2D eigenvalue weighted by Gasteiger charge is 2.28. The van der Waals surface area contributed by atoms with Crippen molar-refractivity contribution < 1.29 is 24.2 Å². The molecule has 1 saturated heterocycles. The van der Waals surface area contributed by atoms with Crippen LogP contribution in [-0.2, 0) is 20.7 Å². The lowest BCUT2D eigenvalue weighted by atomic mass is 10.1. The molecule has 2 rings (SSSR count). The van der Waals surface area contributed by atoms with E-state index in [9.17, 15) is 19.5 Å². The molecule has 136 valence electrons. The van der Waals surface area contributed by atoms with E-state index in [0.29, 0.717) is 45.8 Å². The fraction of sp³-hybridized carbons (Fsp3) is 0.471. The first-order chi connectivity index (χ1) is 12.0. The molecule has 0 radical (unpaired) electrons. The van der Waals surface area contributed by atoms with Gasteiger partial charge in [0.1, 0.15) is 5.75 Å². The van der Waals surface area contributed by atoms with Crippen LogP contribution in [0.3, 0.4) is 0 Å². The Bertz CT molecular complexity index is 609. The minimum atomic E-state index is -0.650. The summed E-state index contributed by atoms with van der Waals surface area (Å²) in [4.78, 5) is 38.7. The molecule has 1 heterocycles. The number of ether oxygens (including phenoxy) is 1. The predicted molar refractivity (Wildman–Crippen MR) is 90.0 cm³/mol. The third kappa shape index (κ3) is 5.37. The number of hydrogen-bond acceptors (Lipinski definition) is 5. The lowest BCUT2D eigenvalue weighted by Crippen LogP contribution is -2.54. The molecule has 1 aliphatic rings. The molecule has 0 saturated carbocycles. The van der Waals surface area contributed by atoms with Crippen LogP contribution in [0.5, 0.6) is 5.75 Å². The van der Waals surface area contributed by atoms with Crippen LogP contribution in [0.15, 0.2) is 24.3 Å². The van der Waals surface area contributed by atoms with Gasteiger partial charge in [-0.1, -0.05) is 12.1 Å². The zero-order chi connectivity index (χ0) is 18.2. The van der Waals surface area contributed by atoms with Crippen LogP contribution in [0.2, 0.25) is 0 Å². The quantitative estimate of drug-likeness (QED) is 0.764. The number of nitrogens with zero attached hydrogens (tertiary/aromatic N) is 2. The molecule has 0 bridgehead atoms. The summed E-state index contributed by atoms with van der Waals surface area (Å²) in [6.07, 6.45) is 0.170. The third-order valence-electron chi connectivity index (χ3n) is 3.92. The van der Waals surface area contributed by atoms with Gasteiger partial charge in [0.05, 0.1) is 6.61 Å². The maximum absolute atomic E-state index is 12.1. The SMILES string of the molecule is CCOC(=O)N1CCN(C(=O)C(=O)NCCc2ccc(O)cc2)CC1. The van der Waals surface area contributed by atoms with Crippen LogP contribution in [0.25, 0.3) is 0 Å². The van der Waals surface area contributed by atoms with Crippen LogP contribution in [0.1, 0.15) is 12.5 Å². The molecule has 1 aromatic rings. The Morgan fingerprint density at radius 3 is 2.28 bits per heavy atom. The van der Waals surface area contributed by atoms with E-state index < -0.39 is 17.9 Å². The van der Waals surface area contributed by atoms with E-state index in [2.05, 4.69) is 5.32 Å². The number of carbonyl (C=O) groups is 3. The lowest BCUT2D eigenvalue weighted by molar-refractivity contribution is -0.146. The number of rotatable bonds is 4. The van der Waals surface area contributed by atoms with E-state index >= 15 is 0 Å². The molecule has 0 spiro atoms. The first kappa shape index (κ1) is 18.6. The summed E-state index contributed by atoms with van der Waals surface area (Å²) >= 11 is 0. The summed E-state index contributed by atoms with van der Waals surface area (Å²) in [5.41, 5.74) is 0.952. The number of phenolic OH excluding ortho intramolecular Hbond substituents is 1. The molecule has 0 atom stereocenters. The van der Waals surface area contributed by atoms with Gasteiger partial charge in [-0.2, -0.15) is 0 Å². The molecular formula is C17H23N3O5. The van der Waals surface area contributed by atoms with Crippen molar-refractivity contribution >= 4 is 17.9 Å². The zero-order valence-corrected chi connectivity index (χ0v) is 14.2. The molecule has 1 fully saturated rings. The van der Waals surface area contributed by atoms with Crippen molar-refractivity contribution in [2.45, 2.75) is 13.3 Å². The summed E-state index contributed by atoms with van der Waals surface area (Å²) in [5.74, 6) is -1.05. The Hall–Kier alpha value is -2.77. The van der Waals surface area contributed by atoms with Crippen molar-refractivity contribution in [3.8, 4) is 5.75 Å². The molecule has 25 heavy (non-hydrogen) atoms. The van der Waals surface area contributed by atoms with Crippen molar-refractivity contribution in [3.05, 3.63) is 29.8 Å². The number of hydrogen-bond donors (Lipinski definition) is 2. The van der Waals surface area contributed by atoms with Gasteiger partial charge >= 0.3 is 17.9 Å². The predicted octanol–water partition coefficient (Wildman–Crippen LogP) is 0.352. The molecule has 2 N–H and O–H groups in total. The van der Waals surface area contributed by atoms with Crippen LogP contribution < -0.4 is 5.32 Å². The smallest absolute Gasteiger partial charge is 0.409 e. The van der Waals surface area contributed by atoms with E-state index in [1.54, 1.807) is 31.2 Å². The van der Waals surface area contributed by atoms with Crippen molar-refractivity contribution in [1.82, 2.24) is 15.1 Å². The highest BCUT2D eigenvalue weighted by Crippen LogP contribution is 2.09. The van der Waals surface area contributed by atoms with Crippen LogP contribution in [0, 0.1) is 0 Å². The Kier molecular flexibility index (Phi) is 6.62. The number of benzene rings is 1. The summed E-state index contributed by atoms with van der Waals surface area (Å²) in [6.45, 7) is 3.70. The van der Waals surface area contributed by atoms with Crippen molar-refractivity contribution in [2.75, 3.05) is 39.3 Å². The molecule has 0 aromatic heterocycles. The molecular weight excluding hydrogens is 326 g/mol. The van der Waals surface area contributed by atoms with Crippen LogP contribution >= 0.6 is 0 Å². The standard InChI is InChI=1S/C17H23N3O5/c1-2-25-17(24)20-11-9-19(10-12-20)16(23)15(22)18-8-7-13-3-5-14(21)6-4-13/h3-6,21H,2,7-12H2,1H3,(H,18,22). The summed E-state index contributed by atoms with van der Waals surface area (Å²) in [5, 5.41) is 11.8. The summed E-state index contributed by atoms with van der Waals surface area (Å²) in [6, 6.07) is 6.67. The van der Waals surface area contributed by atoms with E-state index in [-0.39, 0.29) is 5.75 Å². The fourth-order valence-electron chi connectivity index (χ4n) is 2.51. The Balaban J connectivity index is 1.72. The van der Waals surface area contributed by atoms with Gasteiger partial charge in [-0.15, -0.1) is 0 Å². The molecule has 3 amide bonds. The normalized spacial score (nSPS) is 14.1. The topological polar surface area (TPSA) is 99.2 Å². The van der Waals surface area contributed by atoms with E-state index in [4.69, 9.17) is 4.74 Å². The third-order valence-corrected chi connectivity index (χ3v) is 3.92. The maximum atomic E-state index is 12.1. The molecule has 1 aromatic carbocycles. The van der Waals surface area contributed by atoms with Gasteiger partial charge < -0.3 is 25.0 Å². The second-order valence-corrected chi connectivity index (χ2v) is 5.65. The molecule has 1 aliphatic heterocycles. The van der Waals surface area contributed by atoms with Gasteiger partial charge in [-0.3, -0.25) is 9.59 Å². The van der Waals surface area contributed by atoms with Crippen LogP contribution in [0.4, 0.5) is 4.79 Å². The van der Waals surface area contributed by atoms with E-state index in [1.807, 2.05) is 0 Å². The molecule has 8 heteroatoms. The Morgan fingerprint density at radius 2 is 1.68 bits per heavy atom. The fourth-order valence-corrected chi connectivity index (χ4v) is 2.51. The van der Waals surface area contributed by atoms with Gasteiger partial charge in [0.15, 0.2) is 0 Å². The lowest BCUT2D eigenvalue weighted by Gasteiger charge is -2.33. The first-order valence-electron chi connectivity index (χ1n) is 8.28. The number of piperazine rings is 1. The largest absolute Gasteiger partial charge is 0.508 e. The average Bonchev–Trinajstić information content (AvgIpc) is 2.63. The summed E-state index contributed by atoms with van der Waals surface area (Å²) < 4.78 is 4.92. The minimum Gasteiger partial charge on any atom is -0.508 e.